The van der Waals surface area contributed by atoms with Crippen molar-refractivity contribution < 1.29 is 23.1 Å². The lowest BCUT2D eigenvalue weighted by molar-refractivity contribution is -0.136. The van der Waals surface area contributed by atoms with E-state index in [0.29, 0.717) is 19.4 Å². The Morgan fingerprint density at radius 2 is 1.90 bits per heavy atom. The molecule has 1 atom stereocenters. The molecule has 7 heteroatoms. The number of rotatable bonds is 1. The molecule has 0 saturated carbocycles. The van der Waals surface area contributed by atoms with Gasteiger partial charge in [0.2, 0.25) is 5.91 Å². The van der Waals surface area contributed by atoms with Crippen LogP contribution in [0.4, 0.5) is 13.6 Å². The van der Waals surface area contributed by atoms with E-state index in [0.717, 1.165) is 4.90 Å². The van der Waals surface area contributed by atoms with Crippen LogP contribution in [0.1, 0.15) is 40.0 Å². The number of alkyl halides is 2. The quantitative estimate of drug-likeness (QED) is 0.746. The molecule has 0 bridgehead atoms. The van der Waals surface area contributed by atoms with Crippen molar-refractivity contribution in [1.29, 1.82) is 0 Å². The highest BCUT2D eigenvalue weighted by molar-refractivity contribution is 5.86. The number of hydrogen-bond acceptors (Lipinski definition) is 3. The number of hydrogen-bond donors (Lipinski definition) is 0. The van der Waals surface area contributed by atoms with Crippen LogP contribution < -0.4 is 0 Å². The van der Waals surface area contributed by atoms with E-state index < -0.39 is 36.1 Å². The highest BCUT2D eigenvalue weighted by Gasteiger charge is 2.45. The van der Waals surface area contributed by atoms with Crippen molar-refractivity contribution in [1.82, 2.24) is 9.80 Å². The Labute approximate surface area is 123 Å². The van der Waals surface area contributed by atoms with Gasteiger partial charge in [0.05, 0.1) is 6.54 Å². The zero-order valence-electron chi connectivity index (χ0n) is 12.7. The third-order valence-electron chi connectivity index (χ3n) is 3.65. The maximum absolute atomic E-state index is 13.2. The highest BCUT2D eigenvalue weighted by atomic mass is 19.3. The summed E-state index contributed by atoms with van der Waals surface area (Å²) in [5.41, 5.74) is -0.645. The Bertz CT molecular complexity index is 434. The molecule has 120 valence electrons. The van der Waals surface area contributed by atoms with Crippen molar-refractivity contribution >= 4 is 12.0 Å². The SMILES string of the molecule is CC(C)(C)OC(=O)N1CCC[C@H]1C(=O)N1CCC(F)(F)C1. The van der Waals surface area contributed by atoms with Crippen LogP contribution in [0.25, 0.3) is 0 Å². The van der Waals surface area contributed by atoms with Crippen molar-refractivity contribution in [2.45, 2.75) is 57.6 Å². The van der Waals surface area contributed by atoms with Gasteiger partial charge >= 0.3 is 6.09 Å². The van der Waals surface area contributed by atoms with E-state index in [2.05, 4.69) is 0 Å². The predicted molar refractivity (Wildman–Crippen MR) is 72.1 cm³/mol. The Hall–Kier alpha value is -1.40. The summed E-state index contributed by atoms with van der Waals surface area (Å²) >= 11 is 0. The smallest absolute Gasteiger partial charge is 0.410 e. The summed E-state index contributed by atoms with van der Waals surface area (Å²) in [6.45, 7) is 5.17. The fraction of sp³-hybridized carbons (Fsp3) is 0.857. The number of nitrogens with zero attached hydrogens (tertiary/aromatic N) is 2. The summed E-state index contributed by atoms with van der Waals surface area (Å²) in [5.74, 6) is -3.21. The minimum Gasteiger partial charge on any atom is -0.444 e. The topological polar surface area (TPSA) is 49.9 Å². The van der Waals surface area contributed by atoms with Gasteiger partial charge in [0.15, 0.2) is 0 Å². The Balaban J connectivity index is 2.02. The zero-order valence-corrected chi connectivity index (χ0v) is 12.7. The number of amides is 2. The van der Waals surface area contributed by atoms with Crippen molar-refractivity contribution in [3.05, 3.63) is 0 Å². The van der Waals surface area contributed by atoms with E-state index in [4.69, 9.17) is 4.74 Å². The highest BCUT2D eigenvalue weighted by Crippen LogP contribution is 2.29. The van der Waals surface area contributed by atoms with Crippen LogP contribution in [-0.2, 0) is 9.53 Å². The molecule has 0 unspecified atom stereocenters. The first-order chi connectivity index (χ1) is 9.59. The second kappa shape index (κ2) is 5.42. The molecule has 0 aromatic heterocycles. The molecule has 21 heavy (non-hydrogen) atoms. The van der Waals surface area contributed by atoms with Crippen LogP contribution >= 0.6 is 0 Å². The van der Waals surface area contributed by atoms with Gasteiger partial charge in [-0.3, -0.25) is 9.69 Å². The molecule has 2 fully saturated rings. The summed E-state index contributed by atoms with van der Waals surface area (Å²) in [7, 11) is 0. The van der Waals surface area contributed by atoms with E-state index in [1.54, 1.807) is 20.8 Å². The first-order valence-electron chi connectivity index (χ1n) is 7.25. The van der Waals surface area contributed by atoms with E-state index in [1.807, 2.05) is 0 Å². The second-order valence-corrected chi connectivity index (χ2v) is 6.70. The summed E-state index contributed by atoms with van der Waals surface area (Å²) in [6.07, 6.45) is 0.321. The van der Waals surface area contributed by atoms with E-state index in [-0.39, 0.29) is 13.0 Å². The molecule has 5 nitrogen and oxygen atoms in total. The van der Waals surface area contributed by atoms with Gasteiger partial charge in [-0.25, -0.2) is 13.6 Å². The normalized spacial score (nSPS) is 25.3. The van der Waals surface area contributed by atoms with E-state index in [1.165, 1.54) is 4.90 Å². The van der Waals surface area contributed by atoms with Crippen LogP contribution in [0.3, 0.4) is 0 Å². The zero-order chi connectivity index (χ0) is 15.8. The number of likely N-dealkylation sites (tertiary alicyclic amines) is 2. The minimum absolute atomic E-state index is 0.0461. The number of ether oxygens (including phenoxy) is 1. The molecular weight excluding hydrogens is 282 g/mol. The average Bonchev–Trinajstić information content (AvgIpc) is 2.92. The molecule has 2 rings (SSSR count). The van der Waals surface area contributed by atoms with Crippen molar-refractivity contribution in [3.8, 4) is 0 Å². The number of halogens is 2. The lowest BCUT2D eigenvalue weighted by Gasteiger charge is -2.30. The van der Waals surface area contributed by atoms with Gasteiger partial charge in [0.25, 0.3) is 5.92 Å². The monoisotopic (exact) mass is 304 g/mol. The van der Waals surface area contributed by atoms with Crippen molar-refractivity contribution in [3.63, 3.8) is 0 Å². The largest absolute Gasteiger partial charge is 0.444 e. The molecular formula is C14H22F2N2O3. The molecule has 0 aromatic carbocycles. The van der Waals surface area contributed by atoms with Crippen molar-refractivity contribution in [2.75, 3.05) is 19.6 Å². The molecule has 2 aliphatic heterocycles. The molecule has 0 aliphatic carbocycles. The maximum Gasteiger partial charge on any atom is 0.410 e. The fourth-order valence-corrected chi connectivity index (χ4v) is 2.70. The molecule has 2 aliphatic rings. The van der Waals surface area contributed by atoms with Crippen LogP contribution in [0.5, 0.6) is 0 Å². The Morgan fingerprint density at radius 3 is 2.43 bits per heavy atom. The van der Waals surface area contributed by atoms with Gasteiger partial charge in [-0.1, -0.05) is 0 Å². The maximum atomic E-state index is 13.2. The first kappa shape index (κ1) is 16.0. The molecule has 2 saturated heterocycles. The number of carbonyl (C=O) groups is 2. The second-order valence-electron chi connectivity index (χ2n) is 6.70. The summed E-state index contributed by atoms with van der Waals surface area (Å²) in [4.78, 5) is 27.0. The van der Waals surface area contributed by atoms with E-state index in [9.17, 15) is 18.4 Å². The third-order valence-corrected chi connectivity index (χ3v) is 3.65. The standard InChI is InChI=1S/C14H22F2N2O3/c1-13(2,3)21-12(20)18-7-4-5-10(18)11(19)17-8-6-14(15,16)9-17/h10H,4-9H2,1-3H3/t10-/m0/s1. The lowest BCUT2D eigenvalue weighted by atomic mass is 10.2. The lowest BCUT2D eigenvalue weighted by Crippen LogP contribution is -2.48. The van der Waals surface area contributed by atoms with Crippen LogP contribution in [-0.4, -0.2) is 59.0 Å². The first-order valence-corrected chi connectivity index (χ1v) is 7.25. The van der Waals surface area contributed by atoms with Crippen molar-refractivity contribution in [2.24, 2.45) is 0 Å². The van der Waals surface area contributed by atoms with Crippen LogP contribution in [0.2, 0.25) is 0 Å². The van der Waals surface area contributed by atoms with Crippen LogP contribution in [0.15, 0.2) is 0 Å². The number of carbonyl (C=O) groups excluding carboxylic acids is 2. The Kier molecular flexibility index (Phi) is 4.13. The molecule has 0 N–H and O–H groups in total. The molecule has 0 aromatic rings. The molecule has 0 spiro atoms. The molecule has 2 amide bonds. The molecule has 2 heterocycles. The van der Waals surface area contributed by atoms with Crippen LogP contribution in [0, 0.1) is 0 Å². The Morgan fingerprint density at radius 1 is 1.24 bits per heavy atom. The molecule has 0 radical (unpaired) electrons. The summed E-state index contributed by atoms with van der Waals surface area (Å²) in [6, 6.07) is -0.672. The van der Waals surface area contributed by atoms with Gasteiger partial charge < -0.3 is 9.64 Å². The van der Waals surface area contributed by atoms with Gasteiger partial charge in [0, 0.05) is 19.5 Å². The van der Waals surface area contributed by atoms with E-state index >= 15 is 0 Å². The fourth-order valence-electron chi connectivity index (χ4n) is 2.70. The average molecular weight is 304 g/mol. The van der Waals surface area contributed by atoms with Gasteiger partial charge in [-0.15, -0.1) is 0 Å². The summed E-state index contributed by atoms with van der Waals surface area (Å²) in [5, 5.41) is 0. The predicted octanol–water partition coefficient (Wildman–Crippen LogP) is 2.25. The van der Waals surface area contributed by atoms with Gasteiger partial charge in [-0.2, -0.15) is 0 Å². The van der Waals surface area contributed by atoms with Gasteiger partial charge in [0.1, 0.15) is 11.6 Å². The third kappa shape index (κ3) is 3.83. The minimum atomic E-state index is -2.81. The summed E-state index contributed by atoms with van der Waals surface area (Å²) < 4.78 is 31.7. The van der Waals surface area contributed by atoms with Gasteiger partial charge in [-0.05, 0) is 33.6 Å².